The van der Waals surface area contributed by atoms with E-state index in [1.54, 1.807) is 13.8 Å². The van der Waals surface area contributed by atoms with Crippen molar-refractivity contribution in [3.05, 3.63) is 50.7 Å². The third-order valence-corrected chi connectivity index (χ3v) is 4.16. The van der Waals surface area contributed by atoms with Gasteiger partial charge in [-0.2, -0.15) is 0 Å². The van der Waals surface area contributed by atoms with Crippen LogP contribution in [0.2, 0.25) is 0 Å². The third-order valence-electron chi connectivity index (χ3n) is 4.16. The Morgan fingerprint density at radius 3 is 2.52 bits per heavy atom. The number of nitrogens with zero attached hydrogens (tertiary/aromatic N) is 1. The van der Waals surface area contributed by atoms with Crippen molar-refractivity contribution in [2.45, 2.75) is 40.0 Å². The second-order valence-electron chi connectivity index (χ2n) is 5.38. The van der Waals surface area contributed by atoms with Gasteiger partial charge in [-0.05, 0) is 48.9 Å². The smallest absolute Gasteiger partial charge is 0.341 e. The fourth-order valence-corrected chi connectivity index (χ4v) is 2.49. The molecule has 2 rings (SSSR count). The number of fused-ring (bicyclic) bond motifs is 1. The maximum absolute atomic E-state index is 13.9. The van der Waals surface area contributed by atoms with Crippen LogP contribution in [0.4, 0.5) is 4.39 Å². The first-order valence-electron chi connectivity index (χ1n) is 6.87. The predicted molar refractivity (Wildman–Crippen MR) is 78.8 cm³/mol. The highest BCUT2D eigenvalue weighted by Crippen LogP contribution is 2.28. The minimum absolute atomic E-state index is 0.0715. The summed E-state index contributed by atoms with van der Waals surface area (Å²) < 4.78 is 15.1. The average Bonchev–Trinajstić information content (AvgIpc) is 2.44. The van der Waals surface area contributed by atoms with Crippen LogP contribution >= 0.6 is 0 Å². The Morgan fingerprint density at radius 1 is 1.38 bits per heavy atom. The lowest BCUT2D eigenvalue weighted by atomic mass is 9.93. The van der Waals surface area contributed by atoms with Crippen LogP contribution in [0.15, 0.2) is 17.1 Å². The topological polar surface area (TPSA) is 58.8 Å². The Hall–Kier alpha value is -2.17. The highest BCUT2D eigenvalue weighted by atomic mass is 19.1. The van der Waals surface area contributed by atoms with Gasteiger partial charge in [-0.25, -0.2) is 9.18 Å². The van der Waals surface area contributed by atoms with Crippen LogP contribution in [0.1, 0.15) is 53.2 Å². The molecule has 1 atom stereocenters. The monoisotopic (exact) mass is 291 g/mol. The maximum Gasteiger partial charge on any atom is 0.341 e. The quantitative estimate of drug-likeness (QED) is 0.944. The highest BCUT2D eigenvalue weighted by molar-refractivity contribution is 5.88. The number of rotatable bonds is 3. The van der Waals surface area contributed by atoms with E-state index in [4.69, 9.17) is 0 Å². The number of carboxylic acid groups (broad SMARTS) is 1. The molecule has 112 valence electrons. The lowest BCUT2D eigenvalue weighted by Crippen LogP contribution is -2.24. The van der Waals surface area contributed by atoms with Gasteiger partial charge in [-0.1, -0.05) is 13.8 Å². The second kappa shape index (κ2) is 5.31. The van der Waals surface area contributed by atoms with Gasteiger partial charge in [-0.15, -0.1) is 0 Å². The van der Waals surface area contributed by atoms with Crippen molar-refractivity contribution in [3.8, 4) is 0 Å². The summed E-state index contributed by atoms with van der Waals surface area (Å²) in [4.78, 5) is 23.5. The molecule has 2 aromatic heterocycles. The Labute approximate surface area is 121 Å². The van der Waals surface area contributed by atoms with Crippen molar-refractivity contribution in [3.63, 3.8) is 0 Å². The van der Waals surface area contributed by atoms with E-state index in [0.717, 1.165) is 22.6 Å². The largest absolute Gasteiger partial charge is 0.477 e. The zero-order valence-electron chi connectivity index (χ0n) is 12.5. The van der Waals surface area contributed by atoms with Gasteiger partial charge in [-0.3, -0.25) is 9.20 Å². The van der Waals surface area contributed by atoms with Crippen LogP contribution in [0, 0.1) is 19.7 Å². The van der Waals surface area contributed by atoms with Crippen LogP contribution < -0.4 is 5.56 Å². The van der Waals surface area contributed by atoms with Crippen LogP contribution in [0.5, 0.6) is 0 Å². The molecule has 0 saturated heterocycles. The van der Waals surface area contributed by atoms with Crippen molar-refractivity contribution in [2.75, 3.05) is 0 Å². The average molecular weight is 291 g/mol. The summed E-state index contributed by atoms with van der Waals surface area (Å²) in [6, 6.07) is 1.43. The zero-order chi connectivity index (χ0) is 15.9. The van der Waals surface area contributed by atoms with Gasteiger partial charge in [0.2, 0.25) is 0 Å². The molecular weight excluding hydrogens is 273 g/mol. The lowest BCUT2D eigenvalue weighted by Gasteiger charge is -2.18. The highest BCUT2D eigenvalue weighted by Gasteiger charge is 2.20. The molecule has 0 fully saturated rings. The van der Waals surface area contributed by atoms with E-state index in [0.29, 0.717) is 16.6 Å². The predicted octanol–water partition coefficient (Wildman–Crippen LogP) is 3.27. The van der Waals surface area contributed by atoms with Gasteiger partial charge in [0.25, 0.3) is 5.56 Å². The summed E-state index contributed by atoms with van der Waals surface area (Å²) >= 11 is 0. The Balaban J connectivity index is 3.07. The van der Waals surface area contributed by atoms with Crippen LogP contribution in [0.25, 0.3) is 5.52 Å². The molecule has 0 amide bonds. The van der Waals surface area contributed by atoms with Gasteiger partial charge in [0, 0.05) is 6.20 Å². The lowest BCUT2D eigenvalue weighted by molar-refractivity contribution is 0.0694. The molecule has 0 aliphatic heterocycles. The van der Waals surface area contributed by atoms with Crippen molar-refractivity contribution < 1.29 is 14.3 Å². The molecule has 0 radical (unpaired) electrons. The summed E-state index contributed by atoms with van der Waals surface area (Å²) in [5.41, 5.74) is 1.48. The Morgan fingerprint density at radius 2 is 2.00 bits per heavy atom. The van der Waals surface area contributed by atoms with Crippen molar-refractivity contribution in [2.24, 2.45) is 0 Å². The number of carboxylic acids is 1. The minimum Gasteiger partial charge on any atom is -0.477 e. The van der Waals surface area contributed by atoms with E-state index >= 15 is 0 Å². The fraction of sp³-hybridized carbons (Fsp3) is 0.375. The zero-order valence-corrected chi connectivity index (χ0v) is 12.5. The number of hydrogen-bond acceptors (Lipinski definition) is 2. The summed E-state index contributed by atoms with van der Waals surface area (Å²) in [6.45, 7) is 7.35. The number of halogens is 1. The van der Waals surface area contributed by atoms with E-state index in [9.17, 15) is 19.1 Å². The summed E-state index contributed by atoms with van der Waals surface area (Å²) in [6.07, 6.45) is 1.88. The molecule has 4 nitrogen and oxygen atoms in total. The standard InChI is InChI=1S/C16H18FNO3/c1-5-8(2)11-6-12(16(20)21)15(19)18-7-13(17)9(3)10(4)14(11)18/h6-8H,5H2,1-4H3,(H,20,21)/t8-/m0/s1. The normalized spacial score (nSPS) is 12.6. The molecule has 0 spiro atoms. The van der Waals surface area contributed by atoms with Gasteiger partial charge in [0.05, 0.1) is 5.52 Å². The number of aromatic nitrogens is 1. The first-order valence-corrected chi connectivity index (χ1v) is 6.87. The molecule has 0 unspecified atom stereocenters. The molecule has 0 bridgehead atoms. The van der Waals surface area contributed by atoms with E-state index in [1.807, 2.05) is 13.8 Å². The summed E-state index contributed by atoms with van der Waals surface area (Å²) in [5.74, 6) is -1.74. The van der Waals surface area contributed by atoms with Gasteiger partial charge >= 0.3 is 5.97 Å². The molecule has 0 saturated carbocycles. The SMILES string of the molecule is CC[C@H](C)c1cc(C(=O)O)c(=O)n2cc(F)c(C)c(C)c12. The van der Waals surface area contributed by atoms with Crippen LogP contribution in [-0.2, 0) is 0 Å². The molecule has 5 heteroatoms. The molecule has 0 aromatic carbocycles. The minimum atomic E-state index is -1.29. The molecular formula is C16H18FNO3. The second-order valence-corrected chi connectivity index (χ2v) is 5.38. The number of pyridine rings is 2. The fourth-order valence-electron chi connectivity index (χ4n) is 2.49. The van der Waals surface area contributed by atoms with E-state index in [2.05, 4.69) is 0 Å². The maximum atomic E-state index is 13.9. The van der Waals surface area contributed by atoms with E-state index < -0.39 is 17.3 Å². The van der Waals surface area contributed by atoms with Gasteiger partial charge < -0.3 is 5.11 Å². The summed E-state index contributed by atoms with van der Waals surface area (Å²) in [7, 11) is 0. The van der Waals surface area contributed by atoms with E-state index in [1.165, 1.54) is 6.07 Å². The van der Waals surface area contributed by atoms with Crippen molar-refractivity contribution in [1.82, 2.24) is 4.40 Å². The number of aromatic carboxylic acids is 1. The van der Waals surface area contributed by atoms with Crippen molar-refractivity contribution in [1.29, 1.82) is 0 Å². The number of aryl methyl sites for hydroxylation is 1. The Kier molecular flexibility index (Phi) is 3.85. The van der Waals surface area contributed by atoms with Crippen LogP contribution in [0.3, 0.4) is 0 Å². The van der Waals surface area contributed by atoms with E-state index in [-0.39, 0.29) is 11.5 Å². The molecule has 0 aliphatic rings. The first-order chi connectivity index (χ1) is 9.79. The van der Waals surface area contributed by atoms with Crippen molar-refractivity contribution >= 4 is 11.5 Å². The third kappa shape index (κ3) is 2.33. The summed E-state index contributed by atoms with van der Waals surface area (Å²) in [5, 5.41) is 9.19. The molecule has 2 heterocycles. The molecule has 1 N–H and O–H groups in total. The van der Waals surface area contributed by atoms with Gasteiger partial charge in [0.1, 0.15) is 11.4 Å². The molecule has 21 heavy (non-hydrogen) atoms. The van der Waals surface area contributed by atoms with Gasteiger partial charge in [0.15, 0.2) is 0 Å². The number of hydrogen-bond donors (Lipinski definition) is 1. The first kappa shape index (κ1) is 15.2. The Bertz CT molecular complexity index is 792. The molecule has 2 aromatic rings. The molecule has 0 aliphatic carbocycles. The number of carbonyl (C=O) groups is 1. The van der Waals surface area contributed by atoms with Crippen LogP contribution in [-0.4, -0.2) is 15.5 Å².